The zero-order valence-electron chi connectivity index (χ0n) is 10.9. The van der Waals surface area contributed by atoms with Crippen molar-refractivity contribution in [3.8, 4) is 16.4 Å². The molecule has 0 bridgehead atoms. The third-order valence-corrected chi connectivity index (χ3v) is 4.54. The van der Waals surface area contributed by atoms with Crippen molar-refractivity contribution in [3.05, 3.63) is 64.8 Å². The van der Waals surface area contributed by atoms with E-state index in [1.165, 1.54) is 11.3 Å². The van der Waals surface area contributed by atoms with E-state index in [1.807, 2.05) is 30.3 Å². The summed E-state index contributed by atoms with van der Waals surface area (Å²) < 4.78 is 6.84. The number of hydrogen-bond acceptors (Lipinski definition) is 4. The molecule has 1 N–H and O–H groups in total. The van der Waals surface area contributed by atoms with Crippen LogP contribution in [0.4, 0.5) is 0 Å². The summed E-state index contributed by atoms with van der Waals surface area (Å²) in [4.78, 5) is 13.0. The summed E-state index contributed by atoms with van der Waals surface area (Å²) in [6.45, 7) is 0. The van der Waals surface area contributed by atoms with Crippen LogP contribution in [0.15, 0.2) is 63.8 Å². The lowest BCUT2D eigenvalue weighted by Crippen LogP contribution is -2.01. The van der Waals surface area contributed by atoms with Gasteiger partial charge in [-0.25, -0.2) is 0 Å². The second-order valence-electron chi connectivity index (χ2n) is 4.75. The fourth-order valence-corrected chi connectivity index (χ4v) is 3.44. The average Bonchev–Trinajstić information content (AvgIpc) is 2.94. The standard InChI is InChI=1S/C17H10O3S/c18-15-11-6-2-3-7-12(11)20-17(16(15)19)14-9-10-5-1-4-8-13(10)21-14/h1-9,19H. The van der Waals surface area contributed by atoms with Gasteiger partial charge in [0.1, 0.15) is 5.58 Å². The molecule has 2 aromatic heterocycles. The first-order valence-corrected chi connectivity index (χ1v) is 7.29. The van der Waals surface area contributed by atoms with E-state index in [1.54, 1.807) is 24.3 Å². The summed E-state index contributed by atoms with van der Waals surface area (Å²) in [5.74, 6) is -0.0971. The highest BCUT2D eigenvalue weighted by Crippen LogP contribution is 2.37. The van der Waals surface area contributed by atoms with Gasteiger partial charge in [0, 0.05) is 4.70 Å². The molecule has 0 unspecified atom stereocenters. The summed E-state index contributed by atoms with van der Waals surface area (Å²) in [6.07, 6.45) is 0. The van der Waals surface area contributed by atoms with Gasteiger partial charge in [-0.05, 0) is 29.7 Å². The van der Waals surface area contributed by atoms with E-state index in [2.05, 4.69) is 0 Å². The summed E-state index contributed by atoms with van der Waals surface area (Å²) in [5, 5.41) is 11.6. The number of para-hydroxylation sites is 1. The van der Waals surface area contributed by atoms with Gasteiger partial charge in [0.2, 0.25) is 11.2 Å². The van der Waals surface area contributed by atoms with Crippen LogP contribution in [0.3, 0.4) is 0 Å². The summed E-state index contributed by atoms with van der Waals surface area (Å²) in [7, 11) is 0. The van der Waals surface area contributed by atoms with Gasteiger partial charge in [0.05, 0.1) is 10.3 Å². The van der Waals surface area contributed by atoms with Gasteiger partial charge in [0.25, 0.3) is 0 Å². The Bertz CT molecular complexity index is 994. The zero-order valence-corrected chi connectivity index (χ0v) is 11.7. The summed E-state index contributed by atoms with van der Waals surface area (Å²) in [6, 6.07) is 16.8. The number of rotatable bonds is 1. The monoisotopic (exact) mass is 294 g/mol. The summed E-state index contributed by atoms with van der Waals surface area (Å²) >= 11 is 1.49. The van der Waals surface area contributed by atoms with Crippen LogP contribution in [0.25, 0.3) is 31.7 Å². The number of benzene rings is 2. The van der Waals surface area contributed by atoms with Crippen molar-refractivity contribution in [1.29, 1.82) is 0 Å². The lowest BCUT2D eigenvalue weighted by atomic mass is 10.2. The van der Waals surface area contributed by atoms with Crippen LogP contribution in [-0.4, -0.2) is 5.11 Å². The molecule has 4 rings (SSSR count). The van der Waals surface area contributed by atoms with Crippen molar-refractivity contribution in [2.24, 2.45) is 0 Å². The Hall–Kier alpha value is -2.59. The van der Waals surface area contributed by atoms with E-state index >= 15 is 0 Å². The van der Waals surface area contributed by atoms with Crippen LogP contribution in [-0.2, 0) is 0 Å². The maximum atomic E-state index is 12.2. The molecule has 0 spiro atoms. The van der Waals surface area contributed by atoms with Crippen molar-refractivity contribution >= 4 is 32.4 Å². The van der Waals surface area contributed by atoms with Gasteiger partial charge in [-0.3, -0.25) is 4.79 Å². The maximum absolute atomic E-state index is 12.2. The quantitative estimate of drug-likeness (QED) is 0.567. The van der Waals surface area contributed by atoms with E-state index in [9.17, 15) is 9.90 Å². The van der Waals surface area contributed by atoms with Crippen LogP contribution in [0.1, 0.15) is 0 Å². The lowest BCUT2D eigenvalue weighted by Gasteiger charge is -2.03. The molecule has 0 aliphatic heterocycles. The fraction of sp³-hybridized carbons (Fsp3) is 0. The largest absolute Gasteiger partial charge is 0.501 e. The molecule has 0 saturated carbocycles. The first-order valence-electron chi connectivity index (χ1n) is 6.48. The van der Waals surface area contributed by atoms with Crippen molar-refractivity contribution in [2.45, 2.75) is 0 Å². The van der Waals surface area contributed by atoms with Gasteiger partial charge < -0.3 is 9.52 Å². The van der Waals surface area contributed by atoms with Crippen molar-refractivity contribution in [1.82, 2.24) is 0 Å². The third-order valence-electron chi connectivity index (χ3n) is 3.42. The molecule has 0 aliphatic carbocycles. The molecular formula is C17H10O3S. The van der Waals surface area contributed by atoms with Gasteiger partial charge in [-0.2, -0.15) is 0 Å². The van der Waals surface area contributed by atoms with Crippen molar-refractivity contribution < 1.29 is 9.52 Å². The fourth-order valence-electron chi connectivity index (χ4n) is 2.39. The highest BCUT2D eigenvalue weighted by Gasteiger charge is 2.16. The molecule has 4 heteroatoms. The van der Waals surface area contributed by atoms with Gasteiger partial charge in [-0.1, -0.05) is 30.3 Å². The van der Waals surface area contributed by atoms with E-state index in [0.717, 1.165) is 15.0 Å². The highest BCUT2D eigenvalue weighted by atomic mass is 32.1. The third kappa shape index (κ3) is 1.84. The van der Waals surface area contributed by atoms with Crippen LogP contribution in [0, 0.1) is 0 Å². The van der Waals surface area contributed by atoms with Crippen LogP contribution in [0.5, 0.6) is 5.75 Å². The van der Waals surface area contributed by atoms with Crippen LogP contribution in [0.2, 0.25) is 0 Å². The average molecular weight is 294 g/mol. The Kier molecular flexibility index (Phi) is 2.59. The molecule has 4 aromatic rings. The number of thiophene rings is 1. The first kappa shape index (κ1) is 12.2. The Morgan fingerprint density at radius 1 is 1.00 bits per heavy atom. The van der Waals surface area contributed by atoms with Gasteiger partial charge in [0.15, 0.2) is 5.76 Å². The Morgan fingerprint density at radius 2 is 1.76 bits per heavy atom. The minimum Gasteiger partial charge on any atom is -0.501 e. The van der Waals surface area contributed by atoms with E-state index in [4.69, 9.17) is 4.42 Å². The van der Waals surface area contributed by atoms with E-state index in [-0.39, 0.29) is 11.5 Å². The number of hydrogen-bond donors (Lipinski definition) is 1. The van der Waals surface area contributed by atoms with Crippen molar-refractivity contribution in [3.63, 3.8) is 0 Å². The first-order chi connectivity index (χ1) is 10.2. The molecule has 0 fully saturated rings. The summed E-state index contributed by atoms with van der Waals surface area (Å²) in [5.41, 5.74) is 0.0806. The van der Waals surface area contributed by atoms with Crippen LogP contribution >= 0.6 is 11.3 Å². The molecule has 21 heavy (non-hydrogen) atoms. The van der Waals surface area contributed by atoms with Crippen LogP contribution < -0.4 is 5.43 Å². The molecule has 2 aromatic carbocycles. The number of fused-ring (bicyclic) bond motifs is 2. The molecular weight excluding hydrogens is 284 g/mol. The predicted molar refractivity (Wildman–Crippen MR) is 85.0 cm³/mol. The van der Waals surface area contributed by atoms with E-state index in [0.29, 0.717) is 11.0 Å². The van der Waals surface area contributed by atoms with E-state index < -0.39 is 5.43 Å². The second kappa shape index (κ2) is 4.46. The maximum Gasteiger partial charge on any atom is 0.235 e. The Labute approximate surface area is 123 Å². The molecule has 0 amide bonds. The molecule has 0 aliphatic rings. The Morgan fingerprint density at radius 3 is 2.62 bits per heavy atom. The zero-order chi connectivity index (χ0) is 14.4. The minimum absolute atomic E-state index is 0.236. The lowest BCUT2D eigenvalue weighted by molar-refractivity contribution is 0.449. The topological polar surface area (TPSA) is 50.4 Å². The molecule has 3 nitrogen and oxygen atoms in total. The van der Waals surface area contributed by atoms with Gasteiger partial charge in [-0.15, -0.1) is 11.3 Å². The molecule has 0 atom stereocenters. The Balaban J connectivity index is 2.05. The normalized spacial score (nSPS) is 11.2. The molecule has 102 valence electrons. The molecule has 0 radical (unpaired) electrons. The molecule has 0 saturated heterocycles. The number of aromatic hydroxyl groups is 1. The SMILES string of the molecule is O=c1c(O)c(-c2cc3ccccc3s2)oc2ccccc12. The second-order valence-corrected chi connectivity index (χ2v) is 5.84. The minimum atomic E-state index is -0.399. The smallest absolute Gasteiger partial charge is 0.235 e. The highest BCUT2D eigenvalue weighted by molar-refractivity contribution is 7.22. The van der Waals surface area contributed by atoms with Gasteiger partial charge >= 0.3 is 0 Å². The predicted octanol–water partition coefficient (Wildman–Crippen LogP) is 4.38. The molecule has 2 heterocycles. The van der Waals surface area contributed by atoms with Crippen molar-refractivity contribution in [2.75, 3.05) is 0 Å².